The predicted molar refractivity (Wildman–Crippen MR) is 53.3 cm³/mol. The third-order valence-electron chi connectivity index (χ3n) is 2.22. The third kappa shape index (κ3) is 0.966. The first-order valence-corrected chi connectivity index (χ1v) is 4.59. The second kappa shape index (κ2) is 2.59. The SMILES string of the molecule is Cc1ccc2[nH]nc(Br)c2c1C. The van der Waals surface area contributed by atoms with Crippen molar-refractivity contribution in [2.24, 2.45) is 0 Å². The zero-order valence-corrected chi connectivity index (χ0v) is 8.57. The lowest BCUT2D eigenvalue weighted by atomic mass is 10.1. The Morgan fingerprint density at radius 2 is 2.08 bits per heavy atom. The Balaban J connectivity index is 2.96. The molecule has 0 amide bonds. The predicted octanol–water partition coefficient (Wildman–Crippen LogP) is 2.94. The molecule has 2 aromatic rings. The number of aromatic nitrogens is 2. The molecule has 1 aromatic heterocycles. The number of halogens is 1. The molecule has 0 aliphatic rings. The number of rotatable bonds is 0. The Kier molecular flexibility index (Phi) is 1.68. The van der Waals surface area contributed by atoms with Crippen LogP contribution in [-0.2, 0) is 0 Å². The zero-order chi connectivity index (χ0) is 8.72. The Hall–Kier alpha value is -0.830. The van der Waals surface area contributed by atoms with E-state index in [9.17, 15) is 0 Å². The van der Waals surface area contributed by atoms with Gasteiger partial charge in [-0.2, -0.15) is 5.10 Å². The highest BCUT2D eigenvalue weighted by Crippen LogP contribution is 2.26. The molecule has 1 heterocycles. The van der Waals surface area contributed by atoms with Crippen molar-refractivity contribution < 1.29 is 0 Å². The normalized spacial score (nSPS) is 10.9. The Morgan fingerprint density at radius 1 is 1.33 bits per heavy atom. The van der Waals surface area contributed by atoms with Crippen LogP contribution in [0.15, 0.2) is 16.7 Å². The molecule has 0 saturated heterocycles. The number of nitrogens with one attached hydrogen (secondary N) is 1. The van der Waals surface area contributed by atoms with Gasteiger partial charge in [0.05, 0.1) is 5.52 Å². The van der Waals surface area contributed by atoms with E-state index in [2.05, 4.69) is 52.1 Å². The van der Waals surface area contributed by atoms with Crippen LogP contribution in [0.2, 0.25) is 0 Å². The summed E-state index contributed by atoms with van der Waals surface area (Å²) in [4.78, 5) is 0. The minimum Gasteiger partial charge on any atom is -0.277 e. The highest BCUT2D eigenvalue weighted by molar-refractivity contribution is 9.10. The molecule has 2 nitrogen and oxygen atoms in total. The van der Waals surface area contributed by atoms with E-state index in [-0.39, 0.29) is 0 Å². The molecule has 0 unspecified atom stereocenters. The summed E-state index contributed by atoms with van der Waals surface area (Å²) in [6.45, 7) is 4.21. The molecule has 0 aliphatic heterocycles. The molecule has 0 bridgehead atoms. The number of H-pyrrole nitrogens is 1. The average molecular weight is 225 g/mol. The van der Waals surface area contributed by atoms with Gasteiger partial charge in [0.2, 0.25) is 0 Å². The van der Waals surface area contributed by atoms with Gasteiger partial charge in [-0.1, -0.05) is 6.07 Å². The van der Waals surface area contributed by atoms with Crippen molar-refractivity contribution >= 4 is 26.8 Å². The van der Waals surface area contributed by atoms with Crippen LogP contribution in [0.3, 0.4) is 0 Å². The fourth-order valence-electron chi connectivity index (χ4n) is 1.34. The molecule has 3 heteroatoms. The van der Waals surface area contributed by atoms with Crippen LogP contribution in [-0.4, -0.2) is 10.2 Å². The maximum atomic E-state index is 4.09. The first-order chi connectivity index (χ1) is 5.70. The number of hydrogen-bond donors (Lipinski definition) is 1. The van der Waals surface area contributed by atoms with E-state index in [1.807, 2.05) is 0 Å². The second-order valence-corrected chi connectivity index (χ2v) is 3.70. The standard InChI is InChI=1S/C9H9BrN2/c1-5-3-4-7-8(6(5)2)9(10)12-11-7/h3-4H,1-2H3,(H,11,12). The summed E-state index contributed by atoms with van der Waals surface area (Å²) < 4.78 is 0.902. The molecule has 12 heavy (non-hydrogen) atoms. The molecular weight excluding hydrogens is 216 g/mol. The van der Waals surface area contributed by atoms with E-state index < -0.39 is 0 Å². The molecule has 2 rings (SSSR count). The zero-order valence-electron chi connectivity index (χ0n) is 6.98. The van der Waals surface area contributed by atoms with Crippen molar-refractivity contribution in [3.8, 4) is 0 Å². The summed E-state index contributed by atoms with van der Waals surface area (Å²) >= 11 is 3.41. The Labute approximate surface area is 79.1 Å². The van der Waals surface area contributed by atoms with Gasteiger partial charge in [0.1, 0.15) is 4.60 Å². The fraction of sp³-hybridized carbons (Fsp3) is 0.222. The number of aryl methyl sites for hydroxylation is 2. The summed E-state index contributed by atoms with van der Waals surface area (Å²) in [5, 5.41) is 8.24. The highest BCUT2D eigenvalue weighted by atomic mass is 79.9. The van der Waals surface area contributed by atoms with E-state index >= 15 is 0 Å². The number of nitrogens with zero attached hydrogens (tertiary/aromatic N) is 1. The van der Waals surface area contributed by atoms with Gasteiger partial charge in [-0.05, 0) is 47.0 Å². The van der Waals surface area contributed by atoms with E-state index in [0.29, 0.717) is 0 Å². The van der Waals surface area contributed by atoms with Crippen LogP contribution in [0.5, 0.6) is 0 Å². The van der Waals surface area contributed by atoms with Crippen molar-refractivity contribution in [3.05, 3.63) is 27.9 Å². The van der Waals surface area contributed by atoms with Crippen molar-refractivity contribution in [2.75, 3.05) is 0 Å². The van der Waals surface area contributed by atoms with Crippen molar-refractivity contribution in [2.45, 2.75) is 13.8 Å². The molecule has 1 N–H and O–H groups in total. The monoisotopic (exact) mass is 224 g/mol. The van der Waals surface area contributed by atoms with Gasteiger partial charge in [-0.25, -0.2) is 0 Å². The molecule has 0 spiro atoms. The lowest BCUT2D eigenvalue weighted by molar-refractivity contribution is 1.10. The summed E-state index contributed by atoms with van der Waals surface area (Å²) in [7, 11) is 0. The summed E-state index contributed by atoms with van der Waals surface area (Å²) in [5.74, 6) is 0. The molecule has 0 radical (unpaired) electrons. The van der Waals surface area contributed by atoms with Gasteiger partial charge in [0.25, 0.3) is 0 Å². The maximum absolute atomic E-state index is 4.09. The summed E-state index contributed by atoms with van der Waals surface area (Å²) in [5.41, 5.74) is 3.67. The molecule has 0 aliphatic carbocycles. The van der Waals surface area contributed by atoms with Crippen LogP contribution in [0.4, 0.5) is 0 Å². The van der Waals surface area contributed by atoms with Gasteiger partial charge >= 0.3 is 0 Å². The minimum atomic E-state index is 0.902. The molecule has 0 fully saturated rings. The molecule has 1 aromatic carbocycles. The molecular formula is C9H9BrN2. The highest BCUT2D eigenvalue weighted by Gasteiger charge is 2.06. The molecule has 62 valence electrons. The number of aromatic amines is 1. The quantitative estimate of drug-likeness (QED) is 0.733. The molecule has 0 saturated carbocycles. The van der Waals surface area contributed by atoms with Crippen LogP contribution < -0.4 is 0 Å². The summed E-state index contributed by atoms with van der Waals surface area (Å²) in [6.07, 6.45) is 0. The smallest absolute Gasteiger partial charge is 0.136 e. The van der Waals surface area contributed by atoms with Gasteiger partial charge in [0.15, 0.2) is 0 Å². The average Bonchev–Trinajstić information content (AvgIpc) is 2.41. The van der Waals surface area contributed by atoms with Crippen LogP contribution in [0.25, 0.3) is 10.9 Å². The number of fused-ring (bicyclic) bond motifs is 1. The maximum Gasteiger partial charge on any atom is 0.136 e. The van der Waals surface area contributed by atoms with Crippen LogP contribution >= 0.6 is 15.9 Å². The van der Waals surface area contributed by atoms with Gasteiger partial charge in [-0.3, -0.25) is 5.10 Å². The lowest BCUT2D eigenvalue weighted by Gasteiger charge is -1.99. The minimum absolute atomic E-state index is 0.902. The van der Waals surface area contributed by atoms with Crippen LogP contribution in [0.1, 0.15) is 11.1 Å². The largest absolute Gasteiger partial charge is 0.277 e. The number of hydrogen-bond acceptors (Lipinski definition) is 1. The Bertz CT molecular complexity index is 431. The van der Waals surface area contributed by atoms with Gasteiger partial charge in [-0.15, -0.1) is 0 Å². The first-order valence-electron chi connectivity index (χ1n) is 3.80. The van der Waals surface area contributed by atoms with Crippen molar-refractivity contribution in [1.29, 1.82) is 0 Å². The van der Waals surface area contributed by atoms with E-state index in [0.717, 1.165) is 10.1 Å². The topological polar surface area (TPSA) is 28.7 Å². The van der Waals surface area contributed by atoms with Gasteiger partial charge < -0.3 is 0 Å². The van der Waals surface area contributed by atoms with Gasteiger partial charge in [0, 0.05) is 5.39 Å². The Morgan fingerprint density at radius 3 is 2.83 bits per heavy atom. The fourth-order valence-corrected chi connectivity index (χ4v) is 1.94. The van der Waals surface area contributed by atoms with E-state index in [4.69, 9.17) is 0 Å². The van der Waals surface area contributed by atoms with Crippen molar-refractivity contribution in [1.82, 2.24) is 10.2 Å². The first kappa shape index (κ1) is 7.80. The van der Waals surface area contributed by atoms with E-state index in [1.54, 1.807) is 0 Å². The number of benzene rings is 1. The molecule has 0 atom stereocenters. The lowest BCUT2D eigenvalue weighted by Crippen LogP contribution is -1.80. The van der Waals surface area contributed by atoms with Crippen LogP contribution in [0, 0.1) is 13.8 Å². The second-order valence-electron chi connectivity index (χ2n) is 2.94. The summed E-state index contributed by atoms with van der Waals surface area (Å²) in [6, 6.07) is 4.15. The van der Waals surface area contributed by atoms with Crippen molar-refractivity contribution in [3.63, 3.8) is 0 Å². The third-order valence-corrected chi connectivity index (χ3v) is 2.79. The van der Waals surface area contributed by atoms with E-state index in [1.165, 1.54) is 16.5 Å².